The second kappa shape index (κ2) is 12.8. The minimum atomic E-state index is -0.0729. The first-order valence-corrected chi connectivity index (χ1v) is 11.8. The molecule has 7 nitrogen and oxygen atoms in total. The van der Waals surface area contributed by atoms with Gasteiger partial charge in [0, 0.05) is 50.3 Å². The lowest BCUT2D eigenvalue weighted by molar-refractivity contribution is -0.141. The normalized spacial score (nSPS) is 10.9. The highest BCUT2D eigenvalue weighted by molar-refractivity contribution is 5.85. The number of carbonyl (C=O) groups excluding carboxylic acids is 2. The maximum absolute atomic E-state index is 13.4. The van der Waals surface area contributed by atoms with Gasteiger partial charge in [-0.2, -0.15) is 0 Å². The molecule has 0 aliphatic heterocycles. The summed E-state index contributed by atoms with van der Waals surface area (Å²) in [6, 6.07) is 15.9. The average Bonchev–Trinajstić information content (AvgIpc) is 3.27. The third-order valence-electron chi connectivity index (χ3n) is 5.92. The summed E-state index contributed by atoms with van der Waals surface area (Å²) in [7, 11) is 3.23. The third kappa shape index (κ3) is 6.84. The van der Waals surface area contributed by atoms with Gasteiger partial charge in [0.2, 0.25) is 11.8 Å². The van der Waals surface area contributed by atoms with Gasteiger partial charge >= 0.3 is 0 Å². The van der Waals surface area contributed by atoms with E-state index >= 15 is 0 Å². The molecule has 0 saturated heterocycles. The van der Waals surface area contributed by atoms with E-state index in [0.717, 1.165) is 23.3 Å². The van der Waals surface area contributed by atoms with Crippen LogP contribution in [-0.2, 0) is 27.3 Å². The molecule has 0 bridgehead atoms. The summed E-state index contributed by atoms with van der Waals surface area (Å²) < 4.78 is 10.4. The predicted octanol–water partition coefficient (Wildman–Crippen LogP) is 4.02. The summed E-state index contributed by atoms with van der Waals surface area (Å²) in [5.74, 6) is 0.682. The number of aromatic nitrogens is 1. The summed E-state index contributed by atoms with van der Waals surface area (Å²) >= 11 is 0. The summed E-state index contributed by atoms with van der Waals surface area (Å²) in [6.45, 7) is 3.83. The van der Waals surface area contributed by atoms with Crippen LogP contribution < -0.4 is 4.74 Å². The molecular weight excluding hydrogens is 430 g/mol. The number of methoxy groups -OCH3 is 2. The molecule has 0 unspecified atom stereocenters. The van der Waals surface area contributed by atoms with Crippen molar-refractivity contribution in [2.45, 2.75) is 32.7 Å². The number of amides is 2. The molecule has 2 aromatic carbocycles. The van der Waals surface area contributed by atoms with E-state index < -0.39 is 0 Å². The third-order valence-corrected chi connectivity index (χ3v) is 5.92. The average molecular weight is 466 g/mol. The lowest BCUT2D eigenvalue weighted by Gasteiger charge is -2.28. The number of H-pyrrole nitrogens is 1. The summed E-state index contributed by atoms with van der Waals surface area (Å²) in [5, 5.41) is 1.17. The van der Waals surface area contributed by atoms with Crippen LogP contribution in [0.25, 0.3) is 10.9 Å². The molecule has 2 amide bonds. The van der Waals surface area contributed by atoms with E-state index in [1.54, 1.807) is 19.1 Å². The molecule has 0 saturated carbocycles. The molecule has 182 valence electrons. The van der Waals surface area contributed by atoms with Gasteiger partial charge in [-0.25, -0.2) is 0 Å². The summed E-state index contributed by atoms with van der Waals surface area (Å²) in [5.41, 5.74) is 3.26. The monoisotopic (exact) mass is 465 g/mol. The Morgan fingerprint density at radius 1 is 0.941 bits per heavy atom. The standard InChI is InChI=1S/C27H35N3O4/c1-4-7-26(31)30(16-17-33-2)20-27(32)29(19-21-10-12-23(34-3)13-11-21)15-14-22-18-28-25-9-6-5-8-24(22)25/h5-6,8-13,18,28H,4,7,14-17,19-20H2,1-3H3. The second-order valence-corrected chi connectivity index (χ2v) is 8.33. The number of carbonyl (C=O) groups is 2. The van der Waals surface area contributed by atoms with Crippen LogP contribution in [0.1, 0.15) is 30.9 Å². The van der Waals surface area contributed by atoms with Crippen molar-refractivity contribution < 1.29 is 19.1 Å². The first-order valence-electron chi connectivity index (χ1n) is 11.8. The number of aromatic amines is 1. The molecule has 0 fully saturated rings. The Morgan fingerprint density at radius 2 is 1.71 bits per heavy atom. The van der Waals surface area contributed by atoms with Crippen LogP contribution in [-0.4, -0.2) is 67.1 Å². The van der Waals surface area contributed by atoms with E-state index in [0.29, 0.717) is 39.1 Å². The van der Waals surface area contributed by atoms with Crippen LogP contribution >= 0.6 is 0 Å². The van der Waals surface area contributed by atoms with Gasteiger partial charge in [0.15, 0.2) is 0 Å². The molecule has 0 aliphatic carbocycles. The molecule has 1 N–H and O–H groups in total. The number of fused-ring (bicyclic) bond motifs is 1. The molecular formula is C27H35N3O4. The van der Waals surface area contributed by atoms with Crippen molar-refractivity contribution in [3.63, 3.8) is 0 Å². The van der Waals surface area contributed by atoms with E-state index in [2.05, 4.69) is 11.1 Å². The van der Waals surface area contributed by atoms with E-state index in [9.17, 15) is 9.59 Å². The molecule has 1 aromatic heterocycles. The van der Waals surface area contributed by atoms with Gasteiger partial charge in [-0.1, -0.05) is 37.3 Å². The highest BCUT2D eigenvalue weighted by Gasteiger charge is 2.21. The fourth-order valence-electron chi connectivity index (χ4n) is 3.97. The molecule has 0 atom stereocenters. The number of hydrogen-bond donors (Lipinski definition) is 1. The number of ether oxygens (including phenoxy) is 2. The Morgan fingerprint density at radius 3 is 2.41 bits per heavy atom. The van der Waals surface area contributed by atoms with Crippen molar-refractivity contribution >= 4 is 22.7 Å². The van der Waals surface area contributed by atoms with Crippen molar-refractivity contribution in [2.75, 3.05) is 40.5 Å². The largest absolute Gasteiger partial charge is 0.497 e. The zero-order valence-electron chi connectivity index (χ0n) is 20.4. The first kappa shape index (κ1) is 25.3. The van der Waals surface area contributed by atoms with E-state index in [4.69, 9.17) is 9.47 Å². The highest BCUT2D eigenvalue weighted by atomic mass is 16.5. The van der Waals surface area contributed by atoms with Gasteiger partial charge in [-0.3, -0.25) is 9.59 Å². The van der Waals surface area contributed by atoms with Crippen molar-refractivity contribution in [1.29, 1.82) is 0 Å². The minimum absolute atomic E-state index is 0.0195. The van der Waals surface area contributed by atoms with Crippen LogP contribution in [0.2, 0.25) is 0 Å². The SMILES string of the molecule is CCCC(=O)N(CCOC)CC(=O)N(CCc1c[nH]c2ccccc12)Cc1ccc(OC)cc1. The van der Waals surface area contributed by atoms with Crippen LogP contribution in [0.5, 0.6) is 5.75 Å². The van der Waals surface area contributed by atoms with Gasteiger partial charge in [0.05, 0.1) is 20.3 Å². The van der Waals surface area contributed by atoms with Gasteiger partial charge in [0.1, 0.15) is 5.75 Å². The number of benzene rings is 2. The molecule has 3 aromatic rings. The Kier molecular flexibility index (Phi) is 9.52. The molecule has 1 heterocycles. The predicted molar refractivity (Wildman–Crippen MR) is 134 cm³/mol. The molecule has 7 heteroatoms. The van der Waals surface area contributed by atoms with Gasteiger partial charge in [-0.15, -0.1) is 0 Å². The van der Waals surface area contributed by atoms with Gasteiger partial charge in [0.25, 0.3) is 0 Å². The lowest BCUT2D eigenvalue weighted by Crippen LogP contribution is -2.44. The highest BCUT2D eigenvalue weighted by Crippen LogP contribution is 2.19. The molecule has 0 aliphatic rings. The molecule has 0 radical (unpaired) electrons. The van der Waals surface area contributed by atoms with Gasteiger partial charge < -0.3 is 24.3 Å². The number of hydrogen-bond acceptors (Lipinski definition) is 4. The topological polar surface area (TPSA) is 74.9 Å². The number of nitrogens with zero attached hydrogens (tertiary/aromatic N) is 2. The smallest absolute Gasteiger partial charge is 0.242 e. The first-order chi connectivity index (χ1) is 16.5. The van der Waals surface area contributed by atoms with Crippen molar-refractivity contribution in [1.82, 2.24) is 14.8 Å². The molecule has 0 spiro atoms. The van der Waals surface area contributed by atoms with E-state index in [1.165, 1.54) is 10.9 Å². The molecule has 3 rings (SSSR count). The Bertz CT molecular complexity index is 1060. The maximum atomic E-state index is 13.4. The van der Waals surface area contributed by atoms with Crippen LogP contribution in [0.4, 0.5) is 0 Å². The van der Waals surface area contributed by atoms with Crippen molar-refractivity contribution in [3.05, 3.63) is 65.9 Å². The van der Waals surface area contributed by atoms with Crippen LogP contribution in [0.3, 0.4) is 0 Å². The summed E-state index contributed by atoms with van der Waals surface area (Å²) in [4.78, 5) is 32.8. The molecule has 34 heavy (non-hydrogen) atoms. The number of nitrogens with one attached hydrogen (secondary N) is 1. The second-order valence-electron chi connectivity index (χ2n) is 8.33. The van der Waals surface area contributed by atoms with Crippen molar-refractivity contribution in [3.8, 4) is 5.75 Å². The Labute approximate surface area is 201 Å². The lowest BCUT2D eigenvalue weighted by atomic mass is 10.1. The number of para-hydroxylation sites is 1. The van der Waals surface area contributed by atoms with Crippen LogP contribution in [0, 0.1) is 0 Å². The maximum Gasteiger partial charge on any atom is 0.242 e. The number of rotatable bonds is 13. The zero-order chi connectivity index (χ0) is 24.3. The van der Waals surface area contributed by atoms with E-state index in [1.807, 2.05) is 60.5 Å². The Balaban J connectivity index is 1.77. The quantitative estimate of drug-likeness (QED) is 0.414. The zero-order valence-corrected chi connectivity index (χ0v) is 20.4. The fraction of sp³-hybridized carbons (Fsp3) is 0.407. The minimum Gasteiger partial charge on any atom is -0.497 e. The fourth-order valence-corrected chi connectivity index (χ4v) is 3.97. The van der Waals surface area contributed by atoms with E-state index in [-0.39, 0.29) is 18.4 Å². The van der Waals surface area contributed by atoms with Crippen LogP contribution in [0.15, 0.2) is 54.7 Å². The summed E-state index contributed by atoms with van der Waals surface area (Å²) in [6.07, 6.45) is 3.89. The van der Waals surface area contributed by atoms with Gasteiger partial charge in [-0.05, 0) is 42.2 Å². The Hall–Kier alpha value is -3.32. The van der Waals surface area contributed by atoms with Crippen molar-refractivity contribution in [2.24, 2.45) is 0 Å².